The van der Waals surface area contributed by atoms with Crippen molar-refractivity contribution >= 4 is 10.0 Å². The number of allylic oxidation sites excluding steroid dienone is 1. The molecule has 0 radical (unpaired) electrons. The molecule has 0 aliphatic rings. The zero-order valence-corrected chi connectivity index (χ0v) is 17.9. The molecule has 0 amide bonds. The molecule has 158 valence electrons. The van der Waals surface area contributed by atoms with Gasteiger partial charge in [0.25, 0.3) is 0 Å². The normalized spacial score (nSPS) is 13.7. The quantitative estimate of drug-likeness (QED) is 0.564. The van der Waals surface area contributed by atoms with Gasteiger partial charge in [-0.15, -0.1) is 6.58 Å². The van der Waals surface area contributed by atoms with E-state index in [0.29, 0.717) is 17.9 Å². The molecular formula is C22H29NO5S. The van der Waals surface area contributed by atoms with Gasteiger partial charge in [-0.2, -0.15) is 4.31 Å². The fourth-order valence-corrected chi connectivity index (χ4v) is 4.59. The number of aliphatic hydroxyl groups excluding tert-OH is 1. The maximum atomic E-state index is 13.2. The molecule has 0 fully saturated rings. The largest absolute Gasteiger partial charge is 0.497 e. The predicted molar refractivity (Wildman–Crippen MR) is 114 cm³/mol. The van der Waals surface area contributed by atoms with Crippen LogP contribution in [0.25, 0.3) is 0 Å². The average molecular weight is 420 g/mol. The van der Waals surface area contributed by atoms with Gasteiger partial charge in [0.2, 0.25) is 10.0 Å². The first-order valence-corrected chi connectivity index (χ1v) is 10.9. The third-order valence-electron chi connectivity index (χ3n) is 4.73. The van der Waals surface area contributed by atoms with Crippen molar-refractivity contribution in [1.82, 2.24) is 4.31 Å². The van der Waals surface area contributed by atoms with E-state index in [4.69, 9.17) is 9.47 Å². The van der Waals surface area contributed by atoms with Crippen molar-refractivity contribution in [2.75, 3.05) is 14.2 Å². The summed E-state index contributed by atoms with van der Waals surface area (Å²) in [5, 5.41) is 10.5. The molecule has 2 rings (SSSR count). The zero-order valence-electron chi connectivity index (χ0n) is 17.1. The Labute approximate surface area is 173 Å². The molecule has 0 spiro atoms. The number of aliphatic hydroxyl groups is 1. The molecule has 2 atom stereocenters. The van der Waals surface area contributed by atoms with Crippen molar-refractivity contribution in [3.8, 4) is 11.5 Å². The van der Waals surface area contributed by atoms with Crippen LogP contribution in [0.15, 0.2) is 61.2 Å². The summed E-state index contributed by atoms with van der Waals surface area (Å²) in [4.78, 5) is 0. The van der Waals surface area contributed by atoms with Gasteiger partial charge in [0.05, 0.1) is 14.2 Å². The Morgan fingerprint density at radius 2 is 1.38 bits per heavy atom. The summed E-state index contributed by atoms with van der Waals surface area (Å²) in [5.41, 5.74) is 0.0786. The molecule has 0 aliphatic carbocycles. The van der Waals surface area contributed by atoms with E-state index in [2.05, 4.69) is 6.58 Å². The summed E-state index contributed by atoms with van der Waals surface area (Å²) in [6, 6.07) is 14.4. The standard InChI is InChI=1S/C22H29NO5S/c1-5-6-17(2)22(24)29(25,26)23(15-18-7-11-20(27-3)12-8-18)16-19-9-13-21(28-4)14-10-19/h5,7-14,17,22,24H,1,6,15-16H2,2-4H3/t17-,22-/m1/s1. The maximum Gasteiger partial charge on any atom is 0.241 e. The van der Waals surface area contributed by atoms with Crippen molar-refractivity contribution in [1.29, 1.82) is 0 Å². The van der Waals surface area contributed by atoms with Gasteiger partial charge in [-0.05, 0) is 41.8 Å². The molecule has 0 unspecified atom stereocenters. The summed E-state index contributed by atoms with van der Waals surface area (Å²) in [5.74, 6) is 0.919. The highest BCUT2D eigenvalue weighted by Gasteiger charge is 2.34. The number of hydrogen-bond donors (Lipinski definition) is 1. The zero-order chi connectivity index (χ0) is 21.4. The minimum Gasteiger partial charge on any atom is -0.497 e. The second-order valence-electron chi connectivity index (χ2n) is 6.90. The number of sulfonamides is 1. The molecule has 29 heavy (non-hydrogen) atoms. The first kappa shape index (κ1) is 22.9. The Hall–Kier alpha value is -2.35. The lowest BCUT2D eigenvalue weighted by atomic mass is 10.1. The van der Waals surface area contributed by atoms with Crippen molar-refractivity contribution in [3.05, 3.63) is 72.3 Å². The molecule has 0 heterocycles. The molecule has 7 heteroatoms. The van der Waals surface area contributed by atoms with Gasteiger partial charge in [-0.1, -0.05) is 37.3 Å². The lowest BCUT2D eigenvalue weighted by molar-refractivity contribution is 0.178. The molecule has 0 aliphatic heterocycles. The second kappa shape index (κ2) is 10.4. The fraction of sp³-hybridized carbons (Fsp3) is 0.364. The fourth-order valence-electron chi connectivity index (χ4n) is 2.93. The van der Waals surface area contributed by atoms with Crippen LogP contribution in [0, 0.1) is 5.92 Å². The number of ether oxygens (including phenoxy) is 2. The monoisotopic (exact) mass is 419 g/mol. The van der Waals surface area contributed by atoms with E-state index in [1.807, 2.05) is 24.3 Å². The van der Waals surface area contributed by atoms with E-state index >= 15 is 0 Å². The lowest BCUT2D eigenvalue weighted by Crippen LogP contribution is -2.41. The Morgan fingerprint density at radius 3 is 1.72 bits per heavy atom. The molecule has 0 saturated heterocycles. The molecule has 0 bridgehead atoms. The Kier molecular flexibility index (Phi) is 8.25. The van der Waals surface area contributed by atoms with Crippen LogP contribution in [0.5, 0.6) is 11.5 Å². The first-order chi connectivity index (χ1) is 13.8. The van der Waals surface area contributed by atoms with E-state index in [0.717, 1.165) is 11.1 Å². The van der Waals surface area contributed by atoms with Crippen LogP contribution in [0.4, 0.5) is 0 Å². The van der Waals surface area contributed by atoms with E-state index in [1.165, 1.54) is 4.31 Å². The maximum absolute atomic E-state index is 13.2. The Bertz CT molecular complexity index is 829. The molecule has 2 aromatic carbocycles. The van der Waals surface area contributed by atoms with Crippen molar-refractivity contribution in [2.24, 2.45) is 5.92 Å². The van der Waals surface area contributed by atoms with Gasteiger partial charge in [0.15, 0.2) is 5.44 Å². The average Bonchev–Trinajstić information content (AvgIpc) is 2.73. The van der Waals surface area contributed by atoms with Crippen molar-refractivity contribution in [2.45, 2.75) is 31.9 Å². The molecule has 0 saturated carbocycles. The minimum absolute atomic E-state index is 0.135. The summed E-state index contributed by atoms with van der Waals surface area (Å²) >= 11 is 0. The van der Waals surface area contributed by atoms with Crippen LogP contribution in [-0.2, 0) is 23.1 Å². The van der Waals surface area contributed by atoms with Crippen LogP contribution in [0.3, 0.4) is 0 Å². The predicted octanol–water partition coefficient (Wildman–Crippen LogP) is 3.57. The van der Waals surface area contributed by atoms with Crippen LogP contribution in [-0.4, -0.2) is 37.5 Å². The van der Waals surface area contributed by atoms with Crippen LogP contribution < -0.4 is 9.47 Å². The Morgan fingerprint density at radius 1 is 0.966 bits per heavy atom. The van der Waals surface area contributed by atoms with E-state index in [-0.39, 0.29) is 13.1 Å². The third-order valence-corrected chi connectivity index (χ3v) is 6.78. The first-order valence-electron chi connectivity index (χ1n) is 9.35. The topological polar surface area (TPSA) is 76.1 Å². The third kappa shape index (κ3) is 6.06. The summed E-state index contributed by atoms with van der Waals surface area (Å²) in [7, 11) is -0.819. The highest BCUT2D eigenvalue weighted by molar-refractivity contribution is 7.89. The summed E-state index contributed by atoms with van der Waals surface area (Å²) in [6.45, 7) is 5.60. The summed E-state index contributed by atoms with van der Waals surface area (Å²) in [6.07, 6.45) is 2.01. The lowest BCUT2D eigenvalue weighted by Gasteiger charge is -2.28. The van der Waals surface area contributed by atoms with Crippen molar-refractivity contribution in [3.63, 3.8) is 0 Å². The molecule has 6 nitrogen and oxygen atoms in total. The number of benzene rings is 2. The Balaban J connectivity index is 2.32. The molecule has 0 aromatic heterocycles. The smallest absolute Gasteiger partial charge is 0.241 e. The molecule has 1 N–H and O–H groups in total. The highest BCUT2D eigenvalue weighted by atomic mass is 32.2. The number of nitrogens with zero attached hydrogens (tertiary/aromatic N) is 1. The van der Waals surface area contributed by atoms with Gasteiger partial charge in [0.1, 0.15) is 11.5 Å². The highest BCUT2D eigenvalue weighted by Crippen LogP contribution is 2.24. The minimum atomic E-state index is -3.97. The second-order valence-corrected chi connectivity index (χ2v) is 8.93. The number of methoxy groups -OCH3 is 2. The van der Waals surface area contributed by atoms with Crippen molar-refractivity contribution < 1.29 is 23.0 Å². The SMILES string of the molecule is C=CC[C@@H](C)[C@H](O)S(=O)(=O)N(Cc1ccc(OC)cc1)Cc1ccc(OC)cc1. The van der Waals surface area contributed by atoms with E-state index < -0.39 is 21.4 Å². The van der Waals surface area contributed by atoms with Gasteiger partial charge in [-0.3, -0.25) is 0 Å². The van der Waals surface area contributed by atoms with Gasteiger partial charge in [0, 0.05) is 19.0 Å². The van der Waals surface area contributed by atoms with Gasteiger partial charge < -0.3 is 14.6 Å². The van der Waals surface area contributed by atoms with Gasteiger partial charge in [-0.25, -0.2) is 8.42 Å². The summed E-state index contributed by atoms with van der Waals surface area (Å²) < 4.78 is 38.0. The number of rotatable bonds is 11. The molecule has 2 aromatic rings. The van der Waals surface area contributed by atoms with Crippen LogP contribution in [0.2, 0.25) is 0 Å². The molecular weight excluding hydrogens is 390 g/mol. The van der Waals surface area contributed by atoms with E-state index in [1.54, 1.807) is 51.5 Å². The van der Waals surface area contributed by atoms with E-state index in [9.17, 15) is 13.5 Å². The van der Waals surface area contributed by atoms with Crippen LogP contribution >= 0.6 is 0 Å². The van der Waals surface area contributed by atoms with Crippen LogP contribution in [0.1, 0.15) is 24.5 Å². The van der Waals surface area contributed by atoms with Gasteiger partial charge >= 0.3 is 0 Å². The number of hydrogen-bond acceptors (Lipinski definition) is 5.